The van der Waals surface area contributed by atoms with Crippen LogP contribution in [0.3, 0.4) is 0 Å². The number of alkyl halides is 3. The largest absolute Gasteiger partial charge is 0.478 e. The molecule has 0 saturated carbocycles. The third-order valence-electron chi connectivity index (χ3n) is 5.09. The lowest BCUT2D eigenvalue weighted by Gasteiger charge is -2.36. The van der Waals surface area contributed by atoms with E-state index in [1.54, 1.807) is 11.0 Å². The topological polar surface area (TPSA) is 109 Å². The summed E-state index contributed by atoms with van der Waals surface area (Å²) in [4.78, 5) is 35.5. The first-order valence-corrected chi connectivity index (χ1v) is 10.1. The van der Waals surface area contributed by atoms with Crippen molar-refractivity contribution < 1.29 is 23.1 Å². The zero-order valence-corrected chi connectivity index (χ0v) is 17.7. The molecule has 174 valence electrons. The van der Waals surface area contributed by atoms with Crippen LogP contribution in [-0.2, 0) is 12.8 Å². The van der Waals surface area contributed by atoms with E-state index in [2.05, 4.69) is 15.1 Å². The van der Waals surface area contributed by atoms with Crippen LogP contribution in [0.25, 0.3) is 0 Å². The van der Waals surface area contributed by atoms with Gasteiger partial charge in [-0.1, -0.05) is 11.6 Å². The van der Waals surface area contributed by atoms with Crippen LogP contribution in [0.2, 0.25) is 5.02 Å². The molecule has 0 atom stereocenters. The van der Waals surface area contributed by atoms with E-state index in [1.807, 2.05) is 4.90 Å². The number of hydrogen-bond acceptors (Lipinski definition) is 7. The third kappa shape index (κ3) is 4.92. The normalized spacial score (nSPS) is 14.5. The van der Waals surface area contributed by atoms with Crippen molar-refractivity contribution in [3.63, 3.8) is 0 Å². The van der Waals surface area contributed by atoms with Gasteiger partial charge in [0.05, 0.1) is 10.6 Å². The number of aromatic carboxylic acids is 1. The quantitative estimate of drug-likeness (QED) is 0.587. The van der Waals surface area contributed by atoms with Gasteiger partial charge in [0, 0.05) is 38.1 Å². The molecule has 0 spiro atoms. The molecule has 1 aliphatic heterocycles. The Morgan fingerprint density at radius 2 is 1.82 bits per heavy atom. The number of rotatable bonds is 5. The summed E-state index contributed by atoms with van der Waals surface area (Å²) >= 11 is 5.92. The fraction of sp³-hybridized carbons (Fsp3) is 0.316. The molecule has 14 heteroatoms. The van der Waals surface area contributed by atoms with E-state index in [4.69, 9.17) is 11.6 Å². The van der Waals surface area contributed by atoms with E-state index < -0.39 is 23.5 Å². The number of halogens is 4. The number of nitrogens with zero attached hydrogens (tertiary/aromatic N) is 7. The van der Waals surface area contributed by atoms with E-state index in [-0.39, 0.29) is 23.2 Å². The van der Waals surface area contributed by atoms with Gasteiger partial charge in [-0.3, -0.25) is 9.25 Å². The van der Waals surface area contributed by atoms with Gasteiger partial charge in [-0.2, -0.15) is 23.3 Å². The molecular formula is C19H17ClF3N7O3. The molecule has 1 aliphatic rings. The molecule has 33 heavy (non-hydrogen) atoms. The SMILES string of the molecule is O=C(O)c1cc(N2CCN(c3ncn(Cn4ccc(C(F)(F)F)n4)c(=O)n3)CC2)ccc1Cl. The summed E-state index contributed by atoms with van der Waals surface area (Å²) in [6, 6.07) is 5.60. The van der Waals surface area contributed by atoms with Crippen molar-refractivity contribution in [1.82, 2.24) is 24.3 Å². The highest BCUT2D eigenvalue weighted by Gasteiger charge is 2.33. The minimum absolute atomic E-state index is 0.0167. The maximum absolute atomic E-state index is 12.7. The number of carbonyl (C=O) groups is 1. The van der Waals surface area contributed by atoms with E-state index in [0.717, 1.165) is 21.5 Å². The summed E-state index contributed by atoms with van der Waals surface area (Å²) in [7, 11) is 0. The lowest BCUT2D eigenvalue weighted by molar-refractivity contribution is -0.141. The number of carboxylic acids is 1. The predicted molar refractivity (Wildman–Crippen MR) is 112 cm³/mol. The maximum Gasteiger partial charge on any atom is 0.435 e. The number of piperazine rings is 1. The Morgan fingerprint density at radius 3 is 2.42 bits per heavy atom. The fourth-order valence-corrected chi connectivity index (χ4v) is 3.58. The second-order valence-electron chi connectivity index (χ2n) is 7.23. The highest BCUT2D eigenvalue weighted by Crippen LogP contribution is 2.27. The van der Waals surface area contributed by atoms with Crippen molar-refractivity contribution in [3.8, 4) is 0 Å². The van der Waals surface area contributed by atoms with Gasteiger partial charge in [-0.25, -0.2) is 14.6 Å². The highest BCUT2D eigenvalue weighted by atomic mass is 35.5. The molecule has 1 aromatic carbocycles. The smallest absolute Gasteiger partial charge is 0.435 e. The monoisotopic (exact) mass is 483 g/mol. The van der Waals surface area contributed by atoms with Crippen LogP contribution in [0.5, 0.6) is 0 Å². The molecule has 2 aromatic heterocycles. The van der Waals surface area contributed by atoms with Gasteiger partial charge in [0.25, 0.3) is 0 Å². The fourth-order valence-electron chi connectivity index (χ4n) is 3.38. The van der Waals surface area contributed by atoms with Crippen LogP contribution in [0.15, 0.2) is 41.6 Å². The third-order valence-corrected chi connectivity index (χ3v) is 5.42. The van der Waals surface area contributed by atoms with Crippen LogP contribution in [0, 0.1) is 0 Å². The average Bonchev–Trinajstić information content (AvgIpc) is 3.25. The second-order valence-corrected chi connectivity index (χ2v) is 7.64. The van der Waals surface area contributed by atoms with Crippen molar-refractivity contribution in [3.05, 3.63) is 63.6 Å². The molecule has 0 bridgehead atoms. The van der Waals surface area contributed by atoms with Gasteiger partial charge in [-0.05, 0) is 24.3 Å². The lowest BCUT2D eigenvalue weighted by atomic mass is 10.1. The van der Waals surface area contributed by atoms with E-state index in [0.29, 0.717) is 31.9 Å². The molecule has 3 heterocycles. The van der Waals surface area contributed by atoms with Gasteiger partial charge < -0.3 is 14.9 Å². The molecule has 3 aromatic rings. The van der Waals surface area contributed by atoms with Gasteiger partial charge in [-0.15, -0.1) is 0 Å². The van der Waals surface area contributed by atoms with E-state index in [9.17, 15) is 27.9 Å². The number of anilines is 2. The van der Waals surface area contributed by atoms with Crippen LogP contribution >= 0.6 is 11.6 Å². The molecule has 4 rings (SSSR count). The van der Waals surface area contributed by atoms with Crippen molar-refractivity contribution >= 4 is 29.2 Å². The second kappa shape index (κ2) is 8.73. The minimum atomic E-state index is -4.57. The Hall–Kier alpha value is -3.61. The van der Waals surface area contributed by atoms with Crippen LogP contribution in [0.4, 0.5) is 24.8 Å². The molecule has 1 fully saturated rings. The summed E-state index contributed by atoms with van der Waals surface area (Å²) in [6.07, 6.45) is -2.24. The summed E-state index contributed by atoms with van der Waals surface area (Å²) in [6.45, 7) is 1.75. The van der Waals surface area contributed by atoms with Crippen molar-refractivity contribution in [2.45, 2.75) is 12.8 Å². The summed E-state index contributed by atoms with van der Waals surface area (Å²) < 4.78 is 40.1. The Labute approximate surface area is 189 Å². The Bertz CT molecular complexity index is 1240. The first-order valence-electron chi connectivity index (χ1n) is 9.69. The lowest BCUT2D eigenvalue weighted by Crippen LogP contribution is -2.47. The molecule has 0 unspecified atom stereocenters. The average molecular weight is 484 g/mol. The number of hydrogen-bond donors (Lipinski definition) is 1. The molecular weight excluding hydrogens is 467 g/mol. The first kappa shape index (κ1) is 22.6. The minimum Gasteiger partial charge on any atom is -0.478 e. The number of aromatic nitrogens is 5. The Kier molecular flexibility index (Phi) is 5.97. The summed E-state index contributed by atoms with van der Waals surface area (Å²) in [5.74, 6) is -0.908. The van der Waals surface area contributed by atoms with Crippen LogP contribution in [-0.4, -0.2) is 61.6 Å². The summed E-state index contributed by atoms with van der Waals surface area (Å²) in [5.41, 5.74) is -0.995. The molecule has 0 amide bonds. The van der Waals surface area contributed by atoms with Crippen LogP contribution in [0.1, 0.15) is 16.1 Å². The zero-order chi connectivity index (χ0) is 23.8. The van der Waals surface area contributed by atoms with Crippen LogP contribution < -0.4 is 15.5 Å². The Balaban J connectivity index is 1.41. The van der Waals surface area contributed by atoms with E-state index in [1.165, 1.54) is 18.5 Å². The van der Waals surface area contributed by atoms with Crippen molar-refractivity contribution in [1.29, 1.82) is 0 Å². The van der Waals surface area contributed by atoms with Crippen molar-refractivity contribution in [2.24, 2.45) is 0 Å². The number of benzene rings is 1. The van der Waals surface area contributed by atoms with Crippen molar-refractivity contribution in [2.75, 3.05) is 36.0 Å². The summed E-state index contributed by atoms with van der Waals surface area (Å²) in [5, 5.41) is 12.8. The maximum atomic E-state index is 12.7. The zero-order valence-electron chi connectivity index (χ0n) is 16.9. The van der Waals surface area contributed by atoms with Gasteiger partial charge >= 0.3 is 17.8 Å². The molecule has 10 nitrogen and oxygen atoms in total. The van der Waals surface area contributed by atoms with E-state index >= 15 is 0 Å². The standard InChI is InChI=1S/C19H17ClF3N7O3/c20-14-2-1-12(9-13(14)16(31)32)27-5-7-28(8-6-27)17-24-10-29(18(33)25-17)11-30-4-3-15(26-30)19(21,22)23/h1-4,9-10H,5-8,11H2,(H,31,32). The molecule has 0 radical (unpaired) electrons. The first-order chi connectivity index (χ1) is 15.6. The van der Waals surface area contributed by atoms with Gasteiger partial charge in [0.15, 0.2) is 5.69 Å². The highest BCUT2D eigenvalue weighted by molar-refractivity contribution is 6.33. The molecule has 1 saturated heterocycles. The molecule has 0 aliphatic carbocycles. The Morgan fingerprint density at radius 1 is 1.12 bits per heavy atom. The van der Waals surface area contributed by atoms with Gasteiger partial charge in [0.1, 0.15) is 13.0 Å². The molecule has 1 N–H and O–H groups in total. The van der Waals surface area contributed by atoms with Gasteiger partial charge in [0.2, 0.25) is 5.95 Å². The number of carboxylic acid groups (broad SMARTS) is 1. The predicted octanol–water partition coefficient (Wildman–Crippen LogP) is 2.04.